The lowest BCUT2D eigenvalue weighted by Crippen LogP contribution is -2.41. The van der Waals surface area contributed by atoms with Gasteiger partial charge in [-0.1, -0.05) is 71.4 Å². The highest BCUT2D eigenvalue weighted by Crippen LogP contribution is 2.32. The Morgan fingerprint density at radius 1 is 0.857 bits per heavy atom. The van der Waals surface area contributed by atoms with Gasteiger partial charge in [0.25, 0.3) is 0 Å². The summed E-state index contributed by atoms with van der Waals surface area (Å²) in [6.45, 7) is 19.3. The van der Waals surface area contributed by atoms with Crippen molar-refractivity contribution in [3.63, 3.8) is 0 Å². The van der Waals surface area contributed by atoms with Gasteiger partial charge in [0, 0.05) is 5.54 Å². The van der Waals surface area contributed by atoms with Crippen LogP contribution in [0.15, 0.2) is 24.3 Å². The maximum atomic E-state index is 3.38. The second kappa shape index (κ2) is 11.8. The first-order valence-corrected chi connectivity index (χ1v) is 8.03. The van der Waals surface area contributed by atoms with E-state index in [0.717, 1.165) is 6.42 Å². The zero-order valence-electron chi connectivity index (χ0n) is 16.0. The molecule has 0 unspecified atom stereocenters. The molecule has 0 spiro atoms. The first-order chi connectivity index (χ1) is 9.27. The molecule has 0 aliphatic rings. The number of hydrogen-bond donors (Lipinski definition) is 1. The summed E-state index contributed by atoms with van der Waals surface area (Å²) >= 11 is 0. The van der Waals surface area contributed by atoms with E-state index in [1.165, 1.54) is 11.1 Å². The van der Waals surface area contributed by atoms with Crippen LogP contribution in [0.3, 0.4) is 0 Å². The predicted octanol–water partition coefficient (Wildman–Crippen LogP) is 4.89. The summed E-state index contributed by atoms with van der Waals surface area (Å²) in [7, 11) is 2.03. The lowest BCUT2D eigenvalue weighted by Gasteiger charge is -2.35. The minimum atomic E-state index is 0. The molecule has 1 rings (SSSR count). The number of aryl methyl sites for hydroxylation is 1. The summed E-state index contributed by atoms with van der Waals surface area (Å²) in [5.74, 6) is 0. The van der Waals surface area contributed by atoms with Crippen molar-refractivity contribution >= 4 is 0 Å². The molecule has 0 saturated carbocycles. The molecule has 0 heterocycles. The number of benzene rings is 1. The minimum Gasteiger partial charge on any atom is -0.412 e. The van der Waals surface area contributed by atoms with Gasteiger partial charge in [-0.25, -0.2) is 0 Å². The molecule has 0 bridgehead atoms. The van der Waals surface area contributed by atoms with E-state index in [-0.39, 0.29) is 16.4 Å². The zero-order chi connectivity index (χ0) is 16.4. The molecule has 1 aromatic carbocycles. The van der Waals surface area contributed by atoms with E-state index >= 15 is 0 Å². The number of nitrogens with one attached hydrogen (secondary N) is 1. The third-order valence-corrected chi connectivity index (χ3v) is 3.39. The average molecular weight is 298 g/mol. The zero-order valence-corrected chi connectivity index (χ0v) is 16.0. The Hall–Kier alpha value is -0.860. The third-order valence-electron chi connectivity index (χ3n) is 3.39. The van der Waals surface area contributed by atoms with Gasteiger partial charge in [-0.15, -0.1) is 0 Å². The molecule has 2 nitrogen and oxygen atoms in total. The second-order valence-corrected chi connectivity index (χ2v) is 6.06. The normalized spacial score (nSPS) is 10.4. The largest absolute Gasteiger partial charge is 0.412 e. The average Bonchev–Trinajstić information content (AvgIpc) is 2.43. The first-order valence-electron chi connectivity index (χ1n) is 8.03. The third kappa shape index (κ3) is 9.65. The topological polar surface area (TPSA) is 43.5 Å². The maximum Gasteiger partial charge on any atom is 0.0130 e. The van der Waals surface area contributed by atoms with E-state index in [9.17, 15) is 0 Å². The van der Waals surface area contributed by atoms with Crippen molar-refractivity contribution in [1.29, 1.82) is 0 Å². The fourth-order valence-corrected chi connectivity index (χ4v) is 2.30. The number of hydrogen-bond acceptors (Lipinski definition) is 1. The van der Waals surface area contributed by atoms with Gasteiger partial charge in [0.1, 0.15) is 0 Å². The van der Waals surface area contributed by atoms with Gasteiger partial charge >= 0.3 is 0 Å². The van der Waals surface area contributed by atoms with Gasteiger partial charge < -0.3 is 10.8 Å². The van der Waals surface area contributed by atoms with Gasteiger partial charge in [0.2, 0.25) is 0 Å². The highest BCUT2D eigenvalue weighted by atomic mass is 16.0. The van der Waals surface area contributed by atoms with E-state index < -0.39 is 0 Å². The molecule has 0 aromatic heterocycles. The Morgan fingerprint density at radius 3 is 1.57 bits per heavy atom. The van der Waals surface area contributed by atoms with E-state index in [1.807, 2.05) is 34.7 Å². The molecule has 0 amide bonds. The summed E-state index contributed by atoms with van der Waals surface area (Å²) in [6.07, 6.45) is 1.12. The monoisotopic (exact) mass is 297 g/mol. The van der Waals surface area contributed by atoms with Gasteiger partial charge in [-0.3, -0.25) is 0 Å². The van der Waals surface area contributed by atoms with Crippen molar-refractivity contribution in [2.45, 2.75) is 79.7 Å². The van der Waals surface area contributed by atoms with Crippen LogP contribution >= 0.6 is 0 Å². The fraction of sp³-hybridized carbons (Fsp3) is 0.684. The second-order valence-electron chi connectivity index (χ2n) is 6.06. The SMILES string of the molecule is CC.CC.CNC(C)(C)CC(C)(C)c1ccc(C)cc1.O. The van der Waals surface area contributed by atoms with Crippen LogP contribution in [0.4, 0.5) is 0 Å². The first kappa shape index (κ1) is 25.1. The van der Waals surface area contributed by atoms with Crippen LogP contribution in [-0.4, -0.2) is 18.1 Å². The van der Waals surface area contributed by atoms with Gasteiger partial charge in [-0.05, 0) is 45.2 Å². The highest BCUT2D eigenvalue weighted by molar-refractivity contribution is 5.28. The van der Waals surface area contributed by atoms with E-state index in [4.69, 9.17) is 0 Å². The Bertz CT molecular complexity index is 339. The van der Waals surface area contributed by atoms with Crippen LogP contribution < -0.4 is 5.32 Å². The summed E-state index contributed by atoms with van der Waals surface area (Å²) in [5, 5.41) is 3.38. The lowest BCUT2D eigenvalue weighted by molar-refractivity contribution is 0.305. The number of rotatable bonds is 4. The van der Waals surface area contributed by atoms with Crippen molar-refractivity contribution in [2.24, 2.45) is 0 Å². The van der Waals surface area contributed by atoms with Crippen LogP contribution in [0.2, 0.25) is 0 Å². The molecule has 0 atom stereocenters. The van der Waals surface area contributed by atoms with Crippen LogP contribution in [0.1, 0.15) is 72.9 Å². The van der Waals surface area contributed by atoms with Crippen LogP contribution in [-0.2, 0) is 5.41 Å². The lowest BCUT2D eigenvalue weighted by atomic mass is 9.75. The fourth-order valence-electron chi connectivity index (χ4n) is 2.30. The summed E-state index contributed by atoms with van der Waals surface area (Å²) in [4.78, 5) is 0. The Balaban J connectivity index is -0.000000595. The standard InChI is InChI=1S/C15H25N.2C2H6.H2O/c1-12-7-9-13(10-8-12)14(2,3)11-15(4,5)16-6;2*1-2;/h7-10,16H,11H2,1-6H3;2*1-2H3;1H2. The Labute approximate surface area is 133 Å². The van der Waals surface area contributed by atoms with Crippen molar-refractivity contribution < 1.29 is 5.48 Å². The molecule has 0 saturated heterocycles. The Kier molecular flexibility index (Phi) is 14.1. The van der Waals surface area contributed by atoms with E-state index in [0.29, 0.717) is 0 Å². The van der Waals surface area contributed by atoms with Crippen molar-refractivity contribution in [3.05, 3.63) is 35.4 Å². The molecule has 126 valence electrons. The molecule has 2 heteroatoms. The molecule has 0 fully saturated rings. The van der Waals surface area contributed by atoms with E-state index in [1.54, 1.807) is 0 Å². The molecular weight excluding hydrogens is 258 g/mol. The molecular formula is C19H39NO. The van der Waals surface area contributed by atoms with Crippen molar-refractivity contribution in [2.75, 3.05) is 7.05 Å². The minimum absolute atomic E-state index is 0. The predicted molar refractivity (Wildman–Crippen MR) is 98.3 cm³/mol. The summed E-state index contributed by atoms with van der Waals surface area (Å²) < 4.78 is 0. The van der Waals surface area contributed by atoms with Gasteiger partial charge in [-0.2, -0.15) is 0 Å². The Morgan fingerprint density at radius 2 is 1.24 bits per heavy atom. The maximum absolute atomic E-state index is 3.38. The quantitative estimate of drug-likeness (QED) is 0.845. The van der Waals surface area contributed by atoms with Crippen LogP contribution in [0.5, 0.6) is 0 Å². The molecule has 0 aliphatic heterocycles. The van der Waals surface area contributed by atoms with E-state index in [2.05, 4.69) is 64.2 Å². The summed E-state index contributed by atoms with van der Waals surface area (Å²) in [5.41, 5.74) is 3.13. The van der Waals surface area contributed by atoms with Crippen LogP contribution in [0, 0.1) is 6.92 Å². The molecule has 21 heavy (non-hydrogen) atoms. The van der Waals surface area contributed by atoms with Gasteiger partial charge in [0.15, 0.2) is 0 Å². The summed E-state index contributed by atoms with van der Waals surface area (Å²) in [6, 6.07) is 8.90. The van der Waals surface area contributed by atoms with Gasteiger partial charge in [0.05, 0.1) is 0 Å². The smallest absolute Gasteiger partial charge is 0.0130 e. The molecule has 0 radical (unpaired) electrons. The molecule has 0 aliphatic carbocycles. The van der Waals surface area contributed by atoms with Crippen molar-refractivity contribution in [3.8, 4) is 0 Å². The van der Waals surface area contributed by atoms with Crippen molar-refractivity contribution in [1.82, 2.24) is 5.32 Å². The molecule has 3 N–H and O–H groups in total. The molecule has 1 aromatic rings. The van der Waals surface area contributed by atoms with Crippen LogP contribution in [0.25, 0.3) is 0 Å². The highest BCUT2D eigenvalue weighted by Gasteiger charge is 2.28.